The number of nitrogens with one attached hydrogen (secondary N) is 1. The number of sulfone groups is 1. The fourth-order valence-electron chi connectivity index (χ4n) is 2.53. The van der Waals surface area contributed by atoms with E-state index in [1.165, 1.54) is 5.56 Å². The van der Waals surface area contributed by atoms with Crippen LogP contribution in [-0.2, 0) is 16.3 Å². The first-order valence-corrected chi connectivity index (χ1v) is 9.87. The Bertz CT molecular complexity index is 471. The first-order chi connectivity index (χ1) is 10.1. The first kappa shape index (κ1) is 18.2. The Morgan fingerprint density at radius 3 is 2.33 bits per heavy atom. The van der Waals surface area contributed by atoms with Crippen molar-refractivity contribution in [3.63, 3.8) is 0 Å². The van der Waals surface area contributed by atoms with Crippen molar-refractivity contribution >= 4 is 9.84 Å². The molecule has 0 aliphatic heterocycles. The van der Waals surface area contributed by atoms with Crippen LogP contribution in [0.25, 0.3) is 0 Å². The minimum Gasteiger partial charge on any atom is -0.314 e. The monoisotopic (exact) mass is 311 g/mol. The summed E-state index contributed by atoms with van der Waals surface area (Å²) in [5, 5.41) is 3.48. The van der Waals surface area contributed by atoms with E-state index in [1.807, 2.05) is 6.07 Å². The highest BCUT2D eigenvalue weighted by Crippen LogP contribution is 2.11. The molecule has 1 atom stereocenters. The summed E-state index contributed by atoms with van der Waals surface area (Å²) in [6, 6.07) is 11.0. The van der Waals surface area contributed by atoms with E-state index in [1.54, 1.807) is 6.92 Å². The van der Waals surface area contributed by atoms with Crippen LogP contribution in [0.5, 0.6) is 0 Å². The van der Waals surface area contributed by atoms with Gasteiger partial charge in [0.15, 0.2) is 0 Å². The van der Waals surface area contributed by atoms with Crippen LogP contribution in [0.3, 0.4) is 0 Å². The Morgan fingerprint density at radius 1 is 1.05 bits per heavy atom. The van der Waals surface area contributed by atoms with Crippen molar-refractivity contribution in [1.82, 2.24) is 5.32 Å². The van der Waals surface area contributed by atoms with E-state index < -0.39 is 9.84 Å². The van der Waals surface area contributed by atoms with Crippen molar-refractivity contribution in [2.45, 2.75) is 52.0 Å². The molecule has 1 rings (SSSR count). The molecule has 0 saturated carbocycles. The molecule has 0 aromatic heterocycles. The maximum Gasteiger partial charge on any atom is 0.150 e. The number of hydrogen-bond donors (Lipinski definition) is 1. The molecule has 0 aliphatic rings. The van der Waals surface area contributed by atoms with E-state index in [9.17, 15) is 8.42 Å². The van der Waals surface area contributed by atoms with Crippen LogP contribution in [0.1, 0.15) is 45.1 Å². The smallest absolute Gasteiger partial charge is 0.150 e. The molecule has 1 unspecified atom stereocenters. The van der Waals surface area contributed by atoms with Gasteiger partial charge < -0.3 is 5.32 Å². The van der Waals surface area contributed by atoms with E-state index in [2.05, 4.69) is 36.5 Å². The third-order valence-corrected chi connectivity index (χ3v) is 5.59. The molecule has 0 fully saturated rings. The van der Waals surface area contributed by atoms with Crippen LogP contribution in [0.2, 0.25) is 0 Å². The Labute approximate surface area is 130 Å². The van der Waals surface area contributed by atoms with Gasteiger partial charge in [-0.05, 0) is 44.2 Å². The third kappa shape index (κ3) is 8.22. The highest BCUT2D eigenvalue weighted by atomic mass is 32.2. The van der Waals surface area contributed by atoms with Crippen molar-refractivity contribution in [2.75, 3.05) is 18.1 Å². The molecular formula is C17H29NO2S. The van der Waals surface area contributed by atoms with Crippen LogP contribution in [0.4, 0.5) is 0 Å². The average molecular weight is 311 g/mol. The van der Waals surface area contributed by atoms with Gasteiger partial charge in [-0.15, -0.1) is 0 Å². The minimum absolute atomic E-state index is 0.257. The van der Waals surface area contributed by atoms with Crippen LogP contribution in [-0.4, -0.2) is 32.5 Å². The summed E-state index contributed by atoms with van der Waals surface area (Å²) in [5.74, 6) is 0.580. The molecule has 3 nitrogen and oxygen atoms in total. The molecule has 0 heterocycles. The van der Waals surface area contributed by atoms with Crippen molar-refractivity contribution in [3.05, 3.63) is 35.9 Å². The predicted octanol–water partition coefficient (Wildman–Crippen LogP) is 3.20. The molecule has 0 spiro atoms. The van der Waals surface area contributed by atoms with E-state index in [-0.39, 0.29) is 5.75 Å². The highest BCUT2D eigenvalue weighted by molar-refractivity contribution is 7.91. The van der Waals surface area contributed by atoms with Crippen LogP contribution in [0.15, 0.2) is 30.3 Å². The van der Waals surface area contributed by atoms with Gasteiger partial charge in [0.1, 0.15) is 9.84 Å². The summed E-state index contributed by atoms with van der Waals surface area (Å²) in [6.45, 7) is 4.76. The van der Waals surface area contributed by atoms with Gasteiger partial charge in [-0.25, -0.2) is 8.42 Å². The molecule has 0 saturated heterocycles. The summed E-state index contributed by atoms with van der Waals surface area (Å²) in [6.07, 6.45) is 5.05. The third-order valence-electron chi connectivity index (χ3n) is 3.80. The van der Waals surface area contributed by atoms with Crippen molar-refractivity contribution < 1.29 is 8.42 Å². The maximum absolute atomic E-state index is 11.5. The molecule has 0 aliphatic carbocycles. The SMILES string of the molecule is CCNC(CCCc1ccccc1)CCCS(=O)(=O)CC. The second-order valence-electron chi connectivity index (χ2n) is 5.51. The lowest BCUT2D eigenvalue weighted by atomic mass is 10.0. The van der Waals surface area contributed by atoms with Crippen LogP contribution in [0, 0.1) is 0 Å². The Morgan fingerprint density at radius 2 is 1.71 bits per heavy atom. The summed E-state index contributed by atoms with van der Waals surface area (Å²) in [5.41, 5.74) is 1.38. The molecule has 1 aromatic rings. The summed E-state index contributed by atoms with van der Waals surface area (Å²) in [7, 11) is -2.82. The Hall–Kier alpha value is -0.870. The molecule has 21 heavy (non-hydrogen) atoms. The van der Waals surface area contributed by atoms with Gasteiger partial charge >= 0.3 is 0 Å². The zero-order valence-electron chi connectivity index (χ0n) is 13.3. The Balaban J connectivity index is 2.29. The average Bonchev–Trinajstić information content (AvgIpc) is 2.48. The Kier molecular flexibility index (Phi) is 8.62. The molecule has 0 bridgehead atoms. The lowest BCUT2D eigenvalue weighted by Gasteiger charge is -2.17. The van der Waals surface area contributed by atoms with Gasteiger partial charge in [0.25, 0.3) is 0 Å². The lowest BCUT2D eigenvalue weighted by molar-refractivity contribution is 0.447. The number of aryl methyl sites for hydroxylation is 1. The normalized spacial score (nSPS) is 13.2. The fraction of sp³-hybridized carbons (Fsp3) is 0.647. The van der Waals surface area contributed by atoms with E-state index >= 15 is 0 Å². The predicted molar refractivity (Wildman–Crippen MR) is 90.4 cm³/mol. The van der Waals surface area contributed by atoms with E-state index in [4.69, 9.17) is 0 Å². The zero-order valence-corrected chi connectivity index (χ0v) is 14.2. The molecule has 1 aromatic carbocycles. The van der Waals surface area contributed by atoms with Crippen molar-refractivity contribution in [2.24, 2.45) is 0 Å². The second-order valence-corrected chi connectivity index (χ2v) is 7.98. The summed E-state index contributed by atoms with van der Waals surface area (Å²) in [4.78, 5) is 0. The number of benzene rings is 1. The van der Waals surface area contributed by atoms with Gasteiger partial charge in [0, 0.05) is 11.8 Å². The summed E-state index contributed by atoms with van der Waals surface area (Å²) < 4.78 is 23.0. The largest absolute Gasteiger partial charge is 0.314 e. The highest BCUT2D eigenvalue weighted by Gasteiger charge is 2.11. The topological polar surface area (TPSA) is 46.2 Å². The quantitative estimate of drug-likeness (QED) is 0.682. The first-order valence-electron chi connectivity index (χ1n) is 8.05. The van der Waals surface area contributed by atoms with Crippen molar-refractivity contribution in [1.29, 1.82) is 0 Å². The number of rotatable bonds is 11. The van der Waals surface area contributed by atoms with Gasteiger partial charge in [-0.3, -0.25) is 0 Å². The molecule has 1 N–H and O–H groups in total. The maximum atomic E-state index is 11.5. The number of hydrogen-bond acceptors (Lipinski definition) is 3. The zero-order chi connectivity index (χ0) is 15.6. The van der Waals surface area contributed by atoms with Crippen LogP contribution < -0.4 is 5.32 Å². The summed E-state index contributed by atoms with van der Waals surface area (Å²) >= 11 is 0. The molecule has 4 heteroatoms. The van der Waals surface area contributed by atoms with Crippen LogP contribution >= 0.6 is 0 Å². The minimum atomic E-state index is -2.82. The second kappa shape index (κ2) is 9.96. The lowest BCUT2D eigenvalue weighted by Crippen LogP contribution is -2.29. The molecule has 0 amide bonds. The van der Waals surface area contributed by atoms with Gasteiger partial charge in [0.05, 0.1) is 5.75 Å². The van der Waals surface area contributed by atoms with E-state index in [0.717, 1.165) is 38.6 Å². The van der Waals surface area contributed by atoms with E-state index in [0.29, 0.717) is 11.8 Å². The standard InChI is InChI=1S/C17H29NO2S/c1-3-18-17(14-9-15-21(19,20)4-2)13-8-12-16-10-6-5-7-11-16/h5-7,10-11,17-18H,3-4,8-9,12-15H2,1-2H3. The molecular weight excluding hydrogens is 282 g/mol. The molecule has 120 valence electrons. The van der Waals surface area contributed by atoms with Crippen molar-refractivity contribution in [3.8, 4) is 0 Å². The molecule has 0 radical (unpaired) electrons. The van der Waals surface area contributed by atoms with Gasteiger partial charge in [0.2, 0.25) is 0 Å². The van der Waals surface area contributed by atoms with Gasteiger partial charge in [-0.2, -0.15) is 0 Å². The fourth-order valence-corrected chi connectivity index (χ4v) is 3.42. The van der Waals surface area contributed by atoms with Gasteiger partial charge in [-0.1, -0.05) is 44.2 Å².